The molecule has 0 aliphatic carbocycles. The molecule has 0 saturated carbocycles. The molecule has 7 nitrogen and oxygen atoms in total. The Labute approximate surface area is 192 Å². The lowest BCUT2D eigenvalue weighted by Crippen LogP contribution is -2.31. The lowest BCUT2D eigenvalue weighted by atomic mass is 10.1. The van der Waals surface area contributed by atoms with E-state index >= 15 is 0 Å². The third kappa shape index (κ3) is 4.92. The molecule has 1 amide bonds. The van der Waals surface area contributed by atoms with Gasteiger partial charge in [0.25, 0.3) is 11.5 Å². The van der Waals surface area contributed by atoms with E-state index in [9.17, 15) is 9.59 Å². The molecular formula is C26H27N5O2. The van der Waals surface area contributed by atoms with E-state index in [4.69, 9.17) is 0 Å². The molecule has 0 unspecified atom stereocenters. The second-order valence-corrected chi connectivity index (χ2v) is 7.72. The minimum Gasteiger partial charge on any atom is -0.357 e. The summed E-state index contributed by atoms with van der Waals surface area (Å²) in [4.78, 5) is 32.7. The summed E-state index contributed by atoms with van der Waals surface area (Å²) in [5.41, 5.74) is 1.84. The molecule has 168 valence electrons. The van der Waals surface area contributed by atoms with Crippen LogP contribution in [0.4, 0.5) is 5.82 Å². The maximum absolute atomic E-state index is 13.1. The summed E-state index contributed by atoms with van der Waals surface area (Å²) < 4.78 is 1.35. The molecule has 4 aromatic rings. The Morgan fingerprint density at radius 2 is 1.61 bits per heavy atom. The molecule has 1 N–H and O–H groups in total. The van der Waals surface area contributed by atoms with Crippen molar-refractivity contribution in [2.45, 2.75) is 26.9 Å². The molecule has 0 aliphatic rings. The molecular weight excluding hydrogens is 414 g/mol. The molecule has 0 aliphatic heterocycles. The molecule has 2 aromatic heterocycles. The number of carbonyl (C=O) groups excluding carboxylic acids is 1. The van der Waals surface area contributed by atoms with Gasteiger partial charge in [0.2, 0.25) is 0 Å². The van der Waals surface area contributed by atoms with Gasteiger partial charge in [-0.05, 0) is 37.1 Å². The monoisotopic (exact) mass is 441 g/mol. The molecule has 7 heteroatoms. The fourth-order valence-electron chi connectivity index (χ4n) is 3.79. The van der Waals surface area contributed by atoms with Crippen molar-refractivity contribution in [3.05, 3.63) is 100 Å². The lowest BCUT2D eigenvalue weighted by molar-refractivity contribution is 0.0945. The molecule has 33 heavy (non-hydrogen) atoms. The zero-order valence-electron chi connectivity index (χ0n) is 18.9. The summed E-state index contributed by atoms with van der Waals surface area (Å²) in [5, 5.41) is 8.37. The van der Waals surface area contributed by atoms with Crippen LogP contribution in [0.3, 0.4) is 0 Å². The number of aromatic nitrogens is 3. The van der Waals surface area contributed by atoms with Gasteiger partial charge in [-0.3, -0.25) is 9.59 Å². The largest absolute Gasteiger partial charge is 0.357 e. The highest BCUT2D eigenvalue weighted by molar-refractivity contribution is 6.04. The van der Waals surface area contributed by atoms with Crippen molar-refractivity contribution in [1.29, 1.82) is 0 Å². The third-order valence-electron chi connectivity index (χ3n) is 5.61. The van der Waals surface area contributed by atoms with E-state index in [0.29, 0.717) is 23.9 Å². The van der Waals surface area contributed by atoms with Crippen molar-refractivity contribution in [2.75, 3.05) is 18.0 Å². The predicted molar refractivity (Wildman–Crippen MR) is 131 cm³/mol. The molecule has 0 saturated heterocycles. The zero-order chi connectivity index (χ0) is 23.2. The Morgan fingerprint density at radius 3 is 2.27 bits per heavy atom. The van der Waals surface area contributed by atoms with Gasteiger partial charge in [-0.15, -0.1) is 0 Å². The average Bonchev–Trinajstić information content (AvgIpc) is 2.86. The minimum atomic E-state index is -0.333. The number of pyridine rings is 1. The minimum absolute atomic E-state index is 0.220. The van der Waals surface area contributed by atoms with Crippen LogP contribution in [-0.2, 0) is 13.1 Å². The van der Waals surface area contributed by atoms with E-state index in [1.165, 1.54) is 4.68 Å². The van der Waals surface area contributed by atoms with Crippen LogP contribution in [0, 0.1) is 0 Å². The Kier molecular flexibility index (Phi) is 6.78. The summed E-state index contributed by atoms with van der Waals surface area (Å²) in [7, 11) is 0. The summed E-state index contributed by atoms with van der Waals surface area (Å²) in [6.07, 6.45) is 1.77. The standard InChI is InChI=1S/C26H27N5O2/c1-3-30(4-2)23-15-14-20(16-27-23)17-28-25(32)24-21-12-8-9-13-22(21)26(33)31(29-24)18-19-10-6-5-7-11-19/h5-16H,3-4,17-18H2,1-2H3,(H,28,32). The quantitative estimate of drug-likeness (QED) is 0.452. The van der Waals surface area contributed by atoms with Crippen molar-refractivity contribution in [3.63, 3.8) is 0 Å². The van der Waals surface area contributed by atoms with Gasteiger partial charge in [-0.25, -0.2) is 9.67 Å². The van der Waals surface area contributed by atoms with Crippen LogP contribution in [0.1, 0.15) is 35.5 Å². The van der Waals surface area contributed by atoms with Gasteiger partial charge in [-0.1, -0.05) is 54.6 Å². The van der Waals surface area contributed by atoms with E-state index in [1.807, 2.05) is 42.5 Å². The van der Waals surface area contributed by atoms with Crippen LogP contribution in [0.2, 0.25) is 0 Å². The number of hydrogen-bond acceptors (Lipinski definition) is 5. The Morgan fingerprint density at radius 1 is 0.909 bits per heavy atom. The number of hydrogen-bond donors (Lipinski definition) is 1. The van der Waals surface area contributed by atoms with E-state index in [2.05, 4.69) is 34.1 Å². The van der Waals surface area contributed by atoms with E-state index in [0.717, 1.165) is 30.0 Å². The third-order valence-corrected chi connectivity index (χ3v) is 5.61. The fourth-order valence-corrected chi connectivity index (χ4v) is 3.79. The summed E-state index contributed by atoms with van der Waals surface area (Å²) >= 11 is 0. The first kappa shape index (κ1) is 22.2. The van der Waals surface area contributed by atoms with Crippen LogP contribution < -0.4 is 15.8 Å². The van der Waals surface area contributed by atoms with Crippen molar-refractivity contribution in [1.82, 2.24) is 20.1 Å². The summed E-state index contributed by atoms with van der Waals surface area (Å²) in [5.74, 6) is 0.580. The highest BCUT2D eigenvalue weighted by atomic mass is 16.2. The van der Waals surface area contributed by atoms with Crippen LogP contribution >= 0.6 is 0 Å². The van der Waals surface area contributed by atoms with Crippen molar-refractivity contribution in [2.24, 2.45) is 0 Å². The van der Waals surface area contributed by atoms with Gasteiger partial charge in [0.1, 0.15) is 5.82 Å². The number of nitrogens with zero attached hydrogens (tertiary/aromatic N) is 4. The number of benzene rings is 2. The van der Waals surface area contributed by atoms with Crippen LogP contribution in [0.25, 0.3) is 10.8 Å². The van der Waals surface area contributed by atoms with Crippen molar-refractivity contribution < 1.29 is 4.79 Å². The van der Waals surface area contributed by atoms with E-state index < -0.39 is 0 Å². The maximum Gasteiger partial charge on any atom is 0.274 e. The van der Waals surface area contributed by atoms with Gasteiger partial charge in [-0.2, -0.15) is 5.10 Å². The normalized spacial score (nSPS) is 10.8. The SMILES string of the molecule is CCN(CC)c1ccc(CNC(=O)c2nn(Cc3ccccc3)c(=O)c3ccccc23)cn1. The number of carbonyl (C=O) groups is 1. The first-order valence-corrected chi connectivity index (χ1v) is 11.1. The highest BCUT2D eigenvalue weighted by Gasteiger charge is 2.17. The zero-order valence-corrected chi connectivity index (χ0v) is 18.9. The van der Waals surface area contributed by atoms with Crippen molar-refractivity contribution >= 4 is 22.5 Å². The molecule has 4 rings (SSSR count). The number of amides is 1. The van der Waals surface area contributed by atoms with Crippen LogP contribution in [0.5, 0.6) is 0 Å². The Hall–Kier alpha value is -4.00. The molecule has 0 bridgehead atoms. The highest BCUT2D eigenvalue weighted by Crippen LogP contribution is 2.15. The van der Waals surface area contributed by atoms with Gasteiger partial charge in [0, 0.05) is 31.2 Å². The van der Waals surface area contributed by atoms with Crippen LogP contribution in [0.15, 0.2) is 77.7 Å². The maximum atomic E-state index is 13.1. The van der Waals surface area contributed by atoms with Gasteiger partial charge < -0.3 is 10.2 Å². The number of nitrogens with one attached hydrogen (secondary N) is 1. The first-order chi connectivity index (χ1) is 16.1. The average molecular weight is 442 g/mol. The number of anilines is 1. The van der Waals surface area contributed by atoms with Gasteiger partial charge in [0.15, 0.2) is 5.69 Å². The lowest BCUT2D eigenvalue weighted by Gasteiger charge is -2.19. The molecule has 0 fully saturated rings. The molecule has 2 aromatic carbocycles. The molecule has 2 heterocycles. The Balaban J connectivity index is 1.58. The fraction of sp³-hybridized carbons (Fsp3) is 0.231. The topological polar surface area (TPSA) is 80.1 Å². The second-order valence-electron chi connectivity index (χ2n) is 7.72. The van der Waals surface area contributed by atoms with E-state index in [-0.39, 0.29) is 17.2 Å². The van der Waals surface area contributed by atoms with Crippen molar-refractivity contribution in [3.8, 4) is 0 Å². The van der Waals surface area contributed by atoms with Gasteiger partial charge in [0.05, 0.1) is 11.9 Å². The molecule has 0 spiro atoms. The predicted octanol–water partition coefficient (Wildman–Crippen LogP) is 3.62. The first-order valence-electron chi connectivity index (χ1n) is 11.1. The molecule has 0 radical (unpaired) electrons. The van der Waals surface area contributed by atoms with Gasteiger partial charge >= 0.3 is 0 Å². The number of fused-ring (bicyclic) bond motifs is 1. The second kappa shape index (κ2) is 10.1. The summed E-state index contributed by atoms with van der Waals surface area (Å²) in [6.45, 7) is 6.56. The Bertz CT molecular complexity index is 1300. The smallest absolute Gasteiger partial charge is 0.274 e. The molecule has 0 atom stereocenters. The summed E-state index contributed by atoms with van der Waals surface area (Å²) in [6, 6.07) is 20.6. The van der Waals surface area contributed by atoms with Crippen LogP contribution in [-0.4, -0.2) is 33.8 Å². The number of rotatable bonds is 8. The van der Waals surface area contributed by atoms with E-state index in [1.54, 1.807) is 30.5 Å².